The maximum Gasteiger partial charge on any atom is 0.207 e. The Morgan fingerprint density at radius 3 is 2.38 bits per heavy atom. The molecule has 0 atom stereocenters. The topological polar surface area (TPSA) is 47.5 Å². The van der Waals surface area contributed by atoms with Crippen molar-refractivity contribution in [2.24, 2.45) is 0 Å². The molecule has 0 N–H and O–H groups in total. The van der Waals surface area contributed by atoms with Crippen molar-refractivity contribution in [2.45, 2.75) is 6.42 Å². The molecule has 2 aromatic heterocycles. The second-order valence-electron chi connectivity index (χ2n) is 6.21. The summed E-state index contributed by atoms with van der Waals surface area (Å²) in [5, 5.41) is 15.5. The summed E-state index contributed by atoms with van der Waals surface area (Å²) in [5.41, 5.74) is 4.61. The van der Waals surface area contributed by atoms with Gasteiger partial charge in [-0.25, -0.2) is 0 Å². The Morgan fingerprint density at radius 2 is 1.54 bits per heavy atom. The van der Waals surface area contributed by atoms with Gasteiger partial charge in [-0.2, -0.15) is 0 Å². The molecular formula is C20H14N2O2. The summed E-state index contributed by atoms with van der Waals surface area (Å²) in [5.74, 6) is 0. The molecule has 0 unspecified atom stereocenters. The van der Waals surface area contributed by atoms with E-state index in [-0.39, 0.29) is 11.5 Å². The van der Waals surface area contributed by atoms with Gasteiger partial charge in [0.2, 0.25) is 6.54 Å². The third kappa shape index (κ3) is 1.68. The highest BCUT2D eigenvalue weighted by molar-refractivity contribution is 6.23. The second-order valence-corrected chi connectivity index (χ2v) is 6.21. The number of benzene rings is 3. The van der Waals surface area contributed by atoms with E-state index in [1.165, 1.54) is 32.6 Å². The molecule has 0 amide bonds. The quantitative estimate of drug-likeness (QED) is 0.359. The van der Waals surface area contributed by atoms with Crippen molar-refractivity contribution >= 4 is 38.1 Å². The van der Waals surface area contributed by atoms with Gasteiger partial charge in [0.1, 0.15) is 0 Å². The molecule has 0 aliphatic heterocycles. The van der Waals surface area contributed by atoms with Crippen molar-refractivity contribution in [3.8, 4) is 0 Å². The molecule has 4 heteroatoms. The van der Waals surface area contributed by atoms with Gasteiger partial charge < -0.3 is 4.40 Å². The zero-order chi connectivity index (χ0) is 16.3. The van der Waals surface area contributed by atoms with Gasteiger partial charge in [-0.05, 0) is 23.8 Å². The lowest BCUT2D eigenvalue weighted by Crippen LogP contribution is -2.03. The zero-order valence-electron chi connectivity index (χ0n) is 12.9. The monoisotopic (exact) mass is 314 g/mol. The van der Waals surface area contributed by atoms with Crippen LogP contribution in [0.5, 0.6) is 0 Å². The van der Waals surface area contributed by atoms with Crippen molar-refractivity contribution in [3.63, 3.8) is 0 Å². The predicted molar refractivity (Wildman–Crippen MR) is 96.7 cm³/mol. The minimum Gasteiger partial charge on any atom is -0.308 e. The molecule has 5 rings (SSSR count). The van der Waals surface area contributed by atoms with Gasteiger partial charge in [-0.3, -0.25) is 10.1 Å². The Kier molecular flexibility index (Phi) is 2.59. The van der Waals surface area contributed by atoms with Crippen molar-refractivity contribution in [2.75, 3.05) is 6.54 Å². The van der Waals surface area contributed by atoms with Crippen LogP contribution in [0.4, 0.5) is 0 Å². The Hall–Kier alpha value is -3.14. The summed E-state index contributed by atoms with van der Waals surface area (Å²) < 4.78 is 2.31. The van der Waals surface area contributed by atoms with Crippen molar-refractivity contribution in [3.05, 3.63) is 76.3 Å². The van der Waals surface area contributed by atoms with Gasteiger partial charge in [0.15, 0.2) is 0 Å². The van der Waals surface area contributed by atoms with Crippen LogP contribution in [0.15, 0.2) is 60.7 Å². The number of rotatable bonds is 3. The highest BCUT2D eigenvalue weighted by Crippen LogP contribution is 2.38. The first kappa shape index (κ1) is 13.3. The number of hydrogen-bond donors (Lipinski definition) is 0. The van der Waals surface area contributed by atoms with E-state index < -0.39 is 0 Å². The summed E-state index contributed by atoms with van der Waals surface area (Å²) in [6.45, 7) is -0.0295. The fourth-order valence-electron chi connectivity index (χ4n) is 3.86. The average molecular weight is 314 g/mol. The average Bonchev–Trinajstić information content (AvgIpc) is 3.11. The Bertz CT molecular complexity index is 1240. The second kappa shape index (κ2) is 4.68. The van der Waals surface area contributed by atoms with Crippen molar-refractivity contribution < 1.29 is 4.92 Å². The van der Waals surface area contributed by atoms with E-state index >= 15 is 0 Å². The Balaban J connectivity index is 1.89. The van der Waals surface area contributed by atoms with E-state index in [9.17, 15) is 10.1 Å². The summed E-state index contributed by atoms with van der Waals surface area (Å²) >= 11 is 0. The summed E-state index contributed by atoms with van der Waals surface area (Å²) in [6.07, 6.45) is 0.464. The first-order chi connectivity index (χ1) is 11.7. The smallest absolute Gasteiger partial charge is 0.207 e. The largest absolute Gasteiger partial charge is 0.308 e. The van der Waals surface area contributed by atoms with Crippen LogP contribution in [-0.2, 0) is 6.42 Å². The maximum atomic E-state index is 10.6. The van der Waals surface area contributed by atoms with Gasteiger partial charge in [0.05, 0.1) is 16.6 Å². The van der Waals surface area contributed by atoms with E-state index in [0.29, 0.717) is 6.42 Å². The molecule has 0 aliphatic rings. The van der Waals surface area contributed by atoms with E-state index in [0.717, 1.165) is 11.1 Å². The third-order valence-electron chi connectivity index (χ3n) is 4.87. The number of nitro groups is 1. The molecule has 24 heavy (non-hydrogen) atoms. The lowest BCUT2D eigenvalue weighted by atomic mass is 10.0. The summed E-state index contributed by atoms with van der Waals surface area (Å²) in [6, 6.07) is 21.0. The molecule has 4 nitrogen and oxygen atoms in total. The maximum absolute atomic E-state index is 10.6. The standard InChI is InChI=1S/C20H14N2O2/c23-21(24)11-10-13-8-9-19-17(12-13)16-6-3-5-15-14-4-1-2-7-18(14)22(19)20(15)16/h1-9,12H,10-11H2. The van der Waals surface area contributed by atoms with Gasteiger partial charge in [0, 0.05) is 32.9 Å². The van der Waals surface area contributed by atoms with Crippen LogP contribution in [0.3, 0.4) is 0 Å². The number of fused-ring (bicyclic) bond motifs is 6. The molecular weight excluding hydrogens is 300 g/mol. The molecule has 5 aromatic rings. The first-order valence-electron chi connectivity index (χ1n) is 8.02. The van der Waals surface area contributed by atoms with Crippen LogP contribution in [0, 0.1) is 10.1 Å². The highest BCUT2D eigenvalue weighted by Gasteiger charge is 2.16. The molecule has 116 valence electrons. The third-order valence-corrected chi connectivity index (χ3v) is 4.87. The molecule has 0 aliphatic carbocycles. The van der Waals surface area contributed by atoms with E-state index in [1.54, 1.807) is 0 Å². The highest BCUT2D eigenvalue weighted by atomic mass is 16.6. The van der Waals surface area contributed by atoms with Crippen LogP contribution in [0.1, 0.15) is 5.56 Å². The number of para-hydroxylation sites is 2. The zero-order valence-corrected chi connectivity index (χ0v) is 12.9. The van der Waals surface area contributed by atoms with Crippen LogP contribution >= 0.6 is 0 Å². The van der Waals surface area contributed by atoms with Crippen molar-refractivity contribution in [1.29, 1.82) is 0 Å². The number of nitrogens with zero attached hydrogens (tertiary/aromatic N) is 2. The fraction of sp³-hybridized carbons (Fsp3) is 0.100. The molecule has 0 spiro atoms. The van der Waals surface area contributed by atoms with Crippen LogP contribution < -0.4 is 0 Å². The van der Waals surface area contributed by atoms with Crippen molar-refractivity contribution in [1.82, 2.24) is 4.40 Å². The van der Waals surface area contributed by atoms with Gasteiger partial charge in [-0.15, -0.1) is 0 Å². The Morgan fingerprint density at radius 1 is 0.833 bits per heavy atom. The number of hydrogen-bond acceptors (Lipinski definition) is 2. The summed E-state index contributed by atoms with van der Waals surface area (Å²) in [4.78, 5) is 10.4. The molecule has 0 saturated carbocycles. The Labute approximate surface area is 137 Å². The molecule has 0 radical (unpaired) electrons. The normalized spacial score (nSPS) is 12.0. The van der Waals surface area contributed by atoms with E-state index in [1.807, 2.05) is 6.07 Å². The summed E-state index contributed by atoms with van der Waals surface area (Å²) in [7, 11) is 0. The predicted octanol–water partition coefficient (Wildman–Crippen LogP) is 4.66. The first-order valence-corrected chi connectivity index (χ1v) is 8.02. The van der Waals surface area contributed by atoms with Crippen LogP contribution in [-0.4, -0.2) is 15.9 Å². The van der Waals surface area contributed by atoms with E-state index in [2.05, 4.69) is 59.0 Å². The number of aromatic nitrogens is 1. The molecule has 3 aromatic carbocycles. The van der Waals surface area contributed by atoms with Gasteiger partial charge in [-0.1, -0.05) is 42.5 Å². The lowest BCUT2D eigenvalue weighted by Gasteiger charge is -2.01. The molecule has 0 bridgehead atoms. The SMILES string of the molecule is O=[N+]([O-])CCc1ccc2c(c1)c1cccc3c4ccccc4n2c31. The van der Waals surface area contributed by atoms with Crippen LogP contribution in [0.25, 0.3) is 38.1 Å². The molecule has 0 saturated heterocycles. The molecule has 2 heterocycles. The van der Waals surface area contributed by atoms with Gasteiger partial charge in [0.25, 0.3) is 0 Å². The minimum atomic E-state index is -0.259. The van der Waals surface area contributed by atoms with E-state index in [4.69, 9.17) is 0 Å². The van der Waals surface area contributed by atoms with Crippen LogP contribution in [0.2, 0.25) is 0 Å². The molecule has 0 fully saturated rings. The van der Waals surface area contributed by atoms with Gasteiger partial charge >= 0.3 is 0 Å². The fourth-order valence-corrected chi connectivity index (χ4v) is 3.86. The minimum absolute atomic E-state index is 0.0295. The lowest BCUT2D eigenvalue weighted by molar-refractivity contribution is -0.479.